The molecule has 1 nitrogen and oxygen atoms in total. The summed E-state index contributed by atoms with van der Waals surface area (Å²) in [5.74, 6) is 2.21. The van der Waals surface area contributed by atoms with E-state index >= 15 is 0 Å². The van der Waals surface area contributed by atoms with E-state index in [0.29, 0.717) is 5.92 Å². The van der Waals surface area contributed by atoms with Crippen LogP contribution in [0.3, 0.4) is 0 Å². The Kier molecular flexibility index (Phi) is 8.77. The van der Waals surface area contributed by atoms with E-state index in [1.165, 1.54) is 56.4 Å². The lowest BCUT2D eigenvalue weighted by molar-refractivity contribution is 0.312. The molecule has 2 aromatic carbocycles. The Balaban J connectivity index is 0.000000290. The van der Waals surface area contributed by atoms with Crippen LogP contribution in [0.25, 0.3) is 0 Å². The number of allylic oxidation sites excluding steroid dienone is 4. The maximum Gasteiger partial charge on any atom is 0.0101 e. The van der Waals surface area contributed by atoms with Crippen LogP contribution >= 0.6 is 0 Å². The van der Waals surface area contributed by atoms with Gasteiger partial charge in [0.15, 0.2) is 0 Å². The third kappa shape index (κ3) is 7.01. The number of hydrogen-bond donors (Lipinski definition) is 0. The first-order chi connectivity index (χ1) is 14.3. The first kappa shape index (κ1) is 21.6. The van der Waals surface area contributed by atoms with Crippen LogP contribution in [0, 0.1) is 11.8 Å². The summed E-state index contributed by atoms with van der Waals surface area (Å²) in [5, 5.41) is 0. The highest BCUT2D eigenvalue weighted by Crippen LogP contribution is 2.29. The molecular weight excluding hydrogens is 350 g/mol. The molecule has 0 bridgehead atoms. The highest BCUT2D eigenvalue weighted by Gasteiger charge is 2.22. The maximum atomic E-state index is 2.66. The van der Waals surface area contributed by atoms with Gasteiger partial charge >= 0.3 is 0 Å². The van der Waals surface area contributed by atoms with Crippen molar-refractivity contribution in [1.29, 1.82) is 0 Å². The van der Waals surface area contributed by atoms with Crippen molar-refractivity contribution in [2.24, 2.45) is 11.8 Å². The van der Waals surface area contributed by atoms with Crippen LogP contribution in [0.15, 0.2) is 85.0 Å². The normalized spacial score (nSPS) is 21.2. The zero-order valence-electron chi connectivity index (χ0n) is 18.2. The summed E-state index contributed by atoms with van der Waals surface area (Å²) in [6.45, 7) is 8.34. The quantitative estimate of drug-likeness (QED) is 0.512. The third-order valence-corrected chi connectivity index (χ3v) is 6.28. The second-order valence-electron chi connectivity index (χ2n) is 8.55. The summed E-state index contributed by atoms with van der Waals surface area (Å²) in [4.78, 5) is 2.66. The molecule has 2 unspecified atom stereocenters. The van der Waals surface area contributed by atoms with Crippen molar-refractivity contribution in [2.75, 3.05) is 19.6 Å². The van der Waals surface area contributed by atoms with Crippen molar-refractivity contribution in [3.8, 4) is 0 Å². The minimum absolute atomic E-state index is 0.517. The van der Waals surface area contributed by atoms with Gasteiger partial charge < -0.3 is 4.90 Å². The van der Waals surface area contributed by atoms with Crippen LogP contribution in [0.2, 0.25) is 0 Å². The predicted octanol–water partition coefficient (Wildman–Crippen LogP) is 7.08. The Labute approximate surface area is 178 Å². The largest absolute Gasteiger partial charge is 0.303 e. The molecule has 0 spiro atoms. The molecule has 0 saturated carbocycles. The Hall–Kier alpha value is -2.12. The van der Waals surface area contributed by atoms with Gasteiger partial charge in [-0.2, -0.15) is 0 Å². The molecule has 0 N–H and O–H groups in total. The Morgan fingerprint density at radius 2 is 1.59 bits per heavy atom. The molecule has 154 valence electrons. The second kappa shape index (κ2) is 11.8. The minimum Gasteiger partial charge on any atom is -0.303 e. The fourth-order valence-electron chi connectivity index (χ4n) is 4.36. The highest BCUT2D eigenvalue weighted by molar-refractivity contribution is 5.32. The first-order valence-electron chi connectivity index (χ1n) is 11.4. The van der Waals surface area contributed by atoms with Gasteiger partial charge in [0.25, 0.3) is 0 Å². The summed E-state index contributed by atoms with van der Waals surface area (Å²) >= 11 is 0. The fourth-order valence-corrected chi connectivity index (χ4v) is 4.36. The lowest BCUT2D eigenvalue weighted by Gasteiger charge is -2.22. The number of hydrogen-bond acceptors (Lipinski definition) is 1. The van der Waals surface area contributed by atoms with Gasteiger partial charge in [0.05, 0.1) is 0 Å². The minimum atomic E-state index is 0.517. The number of rotatable bonds is 6. The zero-order chi connectivity index (χ0) is 20.3. The molecular formula is C28H37N. The summed E-state index contributed by atoms with van der Waals surface area (Å²) < 4.78 is 0. The highest BCUT2D eigenvalue weighted by atomic mass is 15.1. The second-order valence-corrected chi connectivity index (χ2v) is 8.55. The van der Waals surface area contributed by atoms with E-state index in [-0.39, 0.29) is 0 Å². The van der Waals surface area contributed by atoms with Crippen molar-refractivity contribution < 1.29 is 0 Å². The van der Waals surface area contributed by atoms with Crippen LogP contribution < -0.4 is 0 Å². The molecule has 2 aliphatic rings. The van der Waals surface area contributed by atoms with E-state index in [2.05, 4.69) is 104 Å². The predicted molar refractivity (Wildman–Crippen MR) is 126 cm³/mol. The van der Waals surface area contributed by atoms with E-state index < -0.39 is 0 Å². The molecule has 1 saturated heterocycles. The van der Waals surface area contributed by atoms with Gasteiger partial charge in [-0.05, 0) is 55.3 Å². The number of nitrogens with zero attached hydrogens (tertiary/aromatic N) is 1. The Morgan fingerprint density at radius 3 is 2.03 bits per heavy atom. The summed E-state index contributed by atoms with van der Waals surface area (Å²) in [6.07, 6.45) is 13.8. The van der Waals surface area contributed by atoms with Gasteiger partial charge in [-0.1, -0.05) is 105 Å². The Bertz CT molecular complexity index is 707. The van der Waals surface area contributed by atoms with Crippen LogP contribution in [-0.2, 0) is 0 Å². The van der Waals surface area contributed by atoms with Gasteiger partial charge in [-0.15, -0.1) is 0 Å². The lowest BCUT2D eigenvalue weighted by atomic mass is 9.88. The first-order valence-corrected chi connectivity index (χ1v) is 11.4. The number of likely N-dealkylation sites (tertiary alicyclic amines) is 1. The van der Waals surface area contributed by atoms with Crippen molar-refractivity contribution in [3.63, 3.8) is 0 Å². The molecule has 1 aliphatic carbocycles. The molecule has 0 amide bonds. The smallest absolute Gasteiger partial charge is 0.0101 e. The van der Waals surface area contributed by atoms with Crippen molar-refractivity contribution >= 4 is 0 Å². The molecule has 1 heterocycles. The van der Waals surface area contributed by atoms with Gasteiger partial charge in [0.1, 0.15) is 0 Å². The number of benzene rings is 2. The van der Waals surface area contributed by atoms with Crippen LogP contribution in [0.1, 0.15) is 56.6 Å². The average Bonchev–Trinajstić information content (AvgIpc) is 3.25. The van der Waals surface area contributed by atoms with E-state index in [4.69, 9.17) is 0 Å². The van der Waals surface area contributed by atoms with Crippen molar-refractivity contribution in [3.05, 3.63) is 96.1 Å². The van der Waals surface area contributed by atoms with Gasteiger partial charge in [0, 0.05) is 12.5 Å². The molecule has 2 aromatic rings. The third-order valence-electron chi connectivity index (χ3n) is 6.28. The van der Waals surface area contributed by atoms with Gasteiger partial charge in [0.2, 0.25) is 0 Å². The van der Waals surface area contributed by atoms with E-state index in [9.17, 15) is 0 Å². The van der Waals surface area contributed by atoms with Crippen LogP contribution in [0.5, 0.6) is 0 Å². The van der Waals surface area contributed by atoms with Crippen molar-refractivity contribution in [1.82, 2.24) is 4.90 Å². The van der Waals surface area contributed by atoms with E-state index in [0.717, 1.165) is 11.8 Å². The summed E-state index contributed by atoms with van der Waals surface area (Å²) in [7, 11) is 0. The molecule has 29 heavy (non-hydrogen) atoms. The fraction of sp³-hybridized carbons (Fsp3) is 0.429. The summed E-state index contributed by atoms with van der Waals surface area (Å²) in [6, 6.07) is 22.0. The monoisotopic (exact) mass is 387 g/mol. The molecule has 4 rings (SSSR count). The van der Waals surface area contributed by atoms with E-state index in [1.54, 1.807) is 0 Å². The molecule has 1 heteroatoms. The standard InChI is InChI=1S/C21H27N.C7H10/c1-2-18-13-15-22(17-18)16-14-21(19-9-5-3-6-10-19)20-11-7-4-8-12-20;1-7-5-3-2-4-6-7/h3-12,18,21H,2,13-17H2,1H3;2-5,7H,6H2,1H3. The van der Waals surface area contributed by atoms with Crippen LogP contribution in [-0.4, -0.2) is 24.5 Å². The van der Waals surface area contributed by atoms with Gasteiger partial charge in [-0.3, -0.25) is 0 Å². The van der Waals surface area contributed by atoms with E-state index in [1.807, 2.05) is 0 Å². The molecule has 1 aliphatic heterocycles. The molecule has 0 aromatic heterocycles. The average molecular weight is 388 g/mol. The summed E-state index contributed by atoms with van der Waals surface area (Å²) in [5.41, 5.74) is 2.89. The molecule has 0 radical (unpaired) electrons. The SMILES string of the molecule is CC1C=CC=CC1.CCC1CCN(CCC(c2ccccc2)c2ccccc2)C1. The maximum absolute atomic E-state index is 2.66. The lowest BCUT2D eigenvalue weighted by Crippen LogP contribution is -2.23. The molecule has 1 fully saturated rings. The van der Waals surface area contributed by atoms with Crippen LogP contribution in [0.4, 0.5) is 0 Å². The van der Waals surface area contributed by atoms with Gasteiger partial charge in [-0.25, -0.2) is 0 Å². The molecule has 2 atom stereocenters. The zero-order valence-corrected chi connectivity index (χ0v) is 18.2. The Morgan fingerprint density at radius 1 is 0.931 bits per heavy atom. The van der Waals surface area contributed by atoms with Crippen molar-refractivity contribution in [2.45, 2.75) is 45.4 Å². The topological polar surface area (TPSA) is 3.24 Å².